The van der Waals surface area contributed by atoms with Gasteiger partial charge < -0.3 is 14.0 Å². The minimum Gasteiger partial charge on any atom is -0.468 e. The summed E-state index contributed by atoms with van der Waals surface area (Å²) < 4.78 is 51.8. The Labute approximate surface area is 162 Å². The number of aromatic nitrogens is 3. The summed E-state index contributed by atoms with van der Waals surface area (Å²) in [5.41, 5.74) is 3.43. The van der Waals surface area contributed by atoms with Gasteiger partial charge in [-0.1, -0.05) is 18.2 Å². The van der Waals surface area contributed by atoms with Gasteiger partial charge in [0.05, 0.1) is 16.8 Å². The Kier molecular flexibility index (Phi) is 4.79. The van der Waals surface area contributed by atoms with Crippen molar-refractivity contribution < 1.29 is 27.2 Å². The number of hydrogen-bond acceptors (Lipinski definition) is 6. The lowest BCUT2D eigenvalue weighted by Crippen LogP contribution is -2.16. The van der Waals surface area contributed by atoms with Crippen LogP contribution in [0, 0.1) is 6.92 Å². The summed E-state index contributed by atoms with van der Waals surface area (Å²) in [5.74, 6) is 0.0135. The van der Waals surface area contributed by atoms with Crippen LogP contribution >= 0.6 is 0 Å². The molecule has 4 aromatic rings. The van der Waals surface area contributed by atoms with Gasteiger partial charge in [0.2, 0.25) is 0 Å². The van der Waals surface area contributed by atoms with E-state index in [2.05, 4.69) is 19.9 Å². The molecule has 148 valence electrons. The van der Waals surface area contributed by atoms with Gasteiger partial charge in [-0.05, 0) is 47.5 Å². The third-order valence-electron chi connectivity index (χ3n) is 4.19. The third kappa shape index (κ3) is 4.29. The smallest absolute Gasteiger partial charge is 0.468 e. The number of halogens is 3. The highest BCUT2D eigenvalue weighted by atomic mass is 19.4. The topological polar surface area (TPSA) is 70.3 Å². The van der Waals surface area contributed by atoms with Gasteiger partial charge >= 0.3 is 6.36 Å². The molecule has 0 unspecified atom stereocenters. The average Bonchev–Trinajstić information content (AvgIpc) is 3.09. The van der Waals surface area contributed by atoms with Crippen molar-refractivity contribution in [3.63, 3.8) is 0 Å². The predicted octanol–water partition coefficient (Wildman–Crippen LogP) is 5.07. The van der Waals surface area contributed by atoms with E-state index in [1.165, 1.54) is 12.1 Å². The number of ether oxygens (including phenoxy) is 2. The average molecular weight is 401 g/mol. The van der Waals surface area contributed by atoms with Crippen LogP contribution in [0.1, 0.15) is 11.4 Å². The van der Waals surface area contributed by atoms with E-state index in [-0.39, 0.29) is 12.4 Å². The maximum atomic E-state index is 12.3. The Morgan fingerprint density at radius 2 is 1.69 bits per heavy atom. The first-order valence-electron chi connectivity index (χ1n) is 8.54. The van der Waals surface area contributed by atoms with Crippen LogP contribution in [0.3, 0.4) is 0 Å². The lowest BCUT2D eigenvalue weighted by atomic mass is 10.0. The standard InChI is InChI=1S/C20H14F3N3O3/c1-12-17(25-9-8-24-12)11-27-19-16-10-14(4-7-18(16)29-26-19)13-2-5-15(6-3-13)28-20(21,22)23/h2-10H,11H2,1H3. The zero-order chi connectivity index (χ0) is 20.4. The molecule has 0 radical (unpaired) electrons. The number of hydrogen-bond donors (Lipinski definition) is 0. The van der Waals surface area contributed by atoms with Crippen LogP contribution in [0.5, 0.6) is 11.6 Å². The highest BCUT2D eigenvalue weighted by Gasteiger charge is 2.31. The highest BCUT2D eigenvalue weighted by Crippen LogP contribution is 2.32. The van der Waals surface area contributed by atoms with Crippen molar-refractivity contribution in [1.82, 2.24) is 15.1 Å². The summed E-state index contributed by atoms with van der Waals surface area (Å²) in [6.45, 7) is 2.01. The van der Waals surface area contributed by atoms with Crippen LogP contribution in [0.15, 0.2) is 59.4 Å². The van der Waals surface area contributed by atoms with Crippen molar-refractivity contribution in [2.75, 3.05) is 0 Å². The van der Waals surface area contributed by atoms with Crippen LogP contribution in [0.25, 0.3) is 22.1 Å². The van der Waals surface area contributed by atoms with Gasteiger partial charge in [-0.15, -0.1) is 13.2 Å². The number of rotatable bonds is 5. The maximum absolute atomic E-state index is 12.3. The zero-order valence-corrected chi connectivity index (χ0v) is 15.1. The Balaban J connectivity index is 1.57. The molecule has 2 aromatic carbocycles. The number of alkyl halides is 3. The van der Waals surface area contributed by atoms with Crippen molar-refractivity contribution >= 4 is 11.0 Å². The molecule has 2 heterocycles. The van der Waals surface area contributed by atoms with Crippen molar-refractivity contribution in [1.29, 1.82) is 0 Å². The van der Waals surface area contributed by atoms with Crippen molar-refractivity contribution in [2.24, 2.45) is 0 Å². The first-order chi connectivity index (χ1) is 13.9. The van der Waals surface area contributed by atoms with E-state index in [1.807, 2.05) is 6.92 Å². The molecule has 0 atom stereocenters. The molecule has 0 aliphatic carbocycles. The SMILES string of the molecule is Cc1nccnc1COc1noc2ccc(-c3ccc(OC(F)(F)F)cc3)cc12. The van der Waals surface area contributed by atoms with Crippen molar-refractivity contribution in [3.8, 4) is 22.8 Å². The predicted molar refractivity (Wildman–Crippen MR) is 97.2 cm³/mol. The molecule has 9 heteroatoms. The number of benzene rings is 2. The molecule has 0 amide bonds. The monoisotopic (exact) mass is 401 g/mol. The Hall–Kier alpha value is -3.62. The van der Waals surface area contributed by atoms with Crippen LogP contribution in [0.2, 0.25) is 0 Å². The van der Waals surface area contributed by atoms with Gasteiger partial charge in [-0.2, -0.15) is 0 Å². The highest BCUT2D eigenvalue weighted by molar-refractivity contribution is 5.87. The first kappa shape index (κ1) is 18.7. The number of aryl methyl sites for hydroxylation is 1. The van der Waals surface area contributed by atoms with Gasteiger partial charge in [-0.25, -0.2) is 0 Å². The Bertz CT molecular complexity index is 1140. The van der Waals surface area contributed by atoms with E-state index in [4.69, 9.17) is 9.26 Å². The molecule has 0 fully saturated rings. The fraction of sp³-hybridized carbons (Fsp3) is 0.150. The second-order valence-electron chi connectivity index (χ2n) is 6.15. The van der Waals surface area contributed by atoms with Gasteiger partial charge in [-0.3, -0.25) is 9.97 Å². The summed E-state index contributed by atoms with van der Waals surface area (Å²) in [5, 5.41) is 4.58. The van der Waals surface area contributed by atoms with E-state index >= 15 is 0 Å². The Morgan fingerprint density at radius 3 is 2.41 bits per heavy atom. The van der Waals surface area contributed by atoms with Gasteiger partial charge in [0.15, 0.2) is 5.58 Å². The second-order valence-corrected chi connectivity index (χ2v) is 6.15. The van der Waals surface area contributed by atoms with E-state index in [0.29, 0.717) is 28.1 Å². The molecule has 0 aliphatic rings. The first-order valence-corrected chi connectivity index (χ1v) is 8.54. The molecule has 29 heavy (non-hydrogen) atoms. The lowest BCUT2D eigenvalue weighted by Gasteiger charge is -2.09. The summed E-state index contributed by atoms with van der Waals surface area (Å²) in [6, 6.07) is 10.9. The largest absolute Gasteiger partial charge is 0.573 e. The third-order valence-corrected chi connectivity index (χ3v) is 4.19. The van der Waals surface area contributed by atoms with Gasteiger partial charge in [0.1, 0.15) is 12.4 Å². The normalized spacial score (nSPS) is 11.6. The molecular formula is C20H14F3N3O3. The quantitative estimate of drug-likeness (QED) is 0.465. The summed E-state index contributed by atoms with van der Waals surface area (Å²) in [6.07, 6.45) is -1.55. The maximum Gasteiger partial charge on any atom is 0.573 e. The fourth-order valence-electron chi connectivity index (χ4n) is 2.76. The molecule has 0 spiro atoms. The molecule has 0 bridgehead atoms. The van der Waals surface area contributed by atoms with Gasteiger partial charge in [0, 0.05) is 12.4 Å². The molecule has 0 saturated carbocycles. The molecule has 2 aromatic heterocycles. The molecule has 0 N–H and O–H groups in total. The Morgan fingerprint density at radius 1 is 0.966 bits per heavy atom. The van der Waals surface area contributed by atoms with Gasteiger partial charge in [0.25, 0.3) is 5.88 Å². The van der Waals surface area contributed by atoms with Crippen molar-refractivity contribution in [2.45, 2.75) is 19.9 Å². The summed E-state index contributed by atoms with van der Waals surface area (Å²) in [7, 11) is 0. The van der Waals surface area contributed by atoms with E-state index in [0.717, 1.165) is 11.3 Å². The minimum atomic E-state index is -4.73. The van der Waals surface area contributed by atoms with Crippen LogP contribution in [-0.4, -0.2) is 21.5 Å². The second kappa shape index (κ2) is 7.42. The van der Waals surface area contributed by atoms with Crippen LogP contribution in [0.4, 0.5) is 13.2 Å². The van der Waals surface area contributed by atoms with Crippen LogP contribution in [-0.2, 0) is 6.61 Å². The van der Waals surface area contributed by atoms with E-state index < -0.39 is 6.36 Å². The lowest BCUT2D eigenvalue weighted by molar-refractivity contribution is -0.274. The molecule has 6 nitrogen and oxygen atoms in total. The fourth-order valence-corrected chi connectivity index (χ4v) is 2.76. The van der Waals surface area contributed by atoms with E-state index in [9.17, 15) is 13.2 Å². The molecular weight excluding hydrogens is 387 g/mol. The minimum absolute atomic E-state index is 0.176. The zero-order valence-electron chi connectivity index (χ0n) is 15.1. The molecule has 4 rings (SSSR count). The van der Waals surface area contributed by atoms with Crippen molar-refractivity contribution in [3.05, 3.63) is 66.2 Å². The summed E-state index contributed by atoms with van der Waals surface area (Å²) >= 11 is 0. The molecule has 0 saturated heterocycles. The van der Waals surface area contributed by atoms with Crippen LogP contribution < -0.4 is 9.47 Å². The number of nitrogens with zero attached hydrogens (tertiary/aromatic N) is 3. The molecule has 0 aliphatic heterocycles. The van der Waals surface area contributed by atoms with E-state index in [1.54, 1.807) is 42.7 Å². The summed E-state index contributed by atoms with van der Waals surface area (Å²) in [4.78, 5) is 8.38. The number of fused-ring (bicyclic) bond motifs is 1.